The number of carbonyl (C=O) groups excluding carboxylic acids is 1. The van der Waals surface area contributed by atoms with E-state index < -0.39 is 0 Å². The first-order valence-electron chi connectivity index (χ1n) is 9.72. The highest BCUT2D eigenvalue weighted by Crippen LogP contribution is 2.14. The zero-order valence-electron chi connectivity index (χ0n) is 14.7. The van der Waals surface area contributed by atoms with E-state index in [1.54, 1.807) is 0 Å². The Morgan fingerprint density at radius 1 is 0.545 bits per heavy atom. The molecule has 0 aromatic carbocycles. The molecular weight excluding hydrogens is 270 g/mol. The third kappa shape index (κ3) is 19.2. The number of carbonyl (C=O) groups is 1. The number of unbranched alkanes of at least 4 members (excludes halogenated alkanes) is 17. The SMILES string of the molecule is N#CCCCCCCCCCCCCCCCCCCC=O. The molecule has 0 saturated heterocycles. The maximum absolute atomic E-state index is 10.2. The van der Waals surface area contributed by atoms with Crippen LogP contribution >= 0.6 is 0 Å². The van der Waals surface area contributed by atoms with Crippen LogP contribution in [0.25, 0.3) is 0 Å². The fraction of sp³-hybridized carbons (Fsp3) is 0.900. The lowest BCUT2D eigenvalue weighted by Crippen LogP contribution is -1.84. The van der Waals surface area contributed by atoms with Gasteiger partial charge in [0.1, 0.15) is 6.29 Å². The molecule has 0 aromatic rings. The van der Waals surface area contributed by atoms with Crippen molar-refractivity contribution in [2.24, 2.45) is 0 Å². The van der Waals surface area contributed by atoms with Gasteiger partial charge in [0.05, 0.1) is 6.07 Å². The Bertz CT molecular complexity index is 257. The summed E-state index contributed by atoms with van der Waals surface area (Å²) in [5.74, 6) is 0. The average molecular weight is 308 g/mol. The average Bonchev–Trinajstić information content (AvgIpc) is 2.54. The van der Waals surface area contributed by atoms with E-state index in [2.05, 4.69) is 6.07 Å². The van der Waals surface area contributed by atoms with Crippen LogP contribution in [0.3, 0.4) is 0 Å². The highest BCUT2D eigenvalue weighted by atomic mass is 16.1. The summed E-state index contributed by atoms with van der Waals surface area (Å²) in [6.45, 7) is 0. The Kier molecular flexibility index (Phi) is 19.4. The van der Waals surface area contributed by atoms with Crippen LogP contribution in [0, 0.1) is 11.3 Å². The fourth-order valence-electron chi connectivity index (χ4n) is 2.91. The molecule has 0 bridgehead atoms. The summed E-state index contributed by atoms with van der Waals surface area (Å²) in [5, 5.41) is 8.44. The Hall–Kier alpha value is -0.840. The molecule has 0 radical (unpaired) electrons. The van der Waals surface area contributed by atoms with Crippen molar-refractivity contribution in [3.8, 4) is 6.07 Å². The van der Waals surface area contributed by atoms with Crippen LogP contribution in [-0.2, 0) is 4.79 Å². The molecule has 0 rings (SSSR count). The van der Waals surface area contributed by atoms with Crippen molar-refractivity contribution in [1.29, 1.82) is 5.26 Å². The van der Waals surface area contributed by atoms with Gasteiger partial charge in [0.15, 0.2) is 0 Å². The van der Waals surface area contributed by atoms with Gasteiger partial charge in [-0.05, 0) is 12.8 Å². The van der Waals surface area contributed by atoms with Gasteiger partial charge in [-0.25, -0.2) is 0 Å². The molecule has 0 aromatic heterocycles. The van der Waals surface area contributed by atoms with Gasteiger partial charge in [-0.2, -0.15) is 5.26 Å². The zero-order valence-corrected chi connectivity index (χ0v) is 14.7. The van der Waals surface area contributed by atoms with Gasteiger partial charge in [-0.3, -0.25) is 0 Å². The smallest absolute Gasteiger partial charge is 0.119 e. The molecule has 2 heteroatoms. The van der Waals surface area contributed by atoms with E-state index in [9.17, 15) is 4.79 Å². The minimum atomic E-state index is 0.735. The van der Waals surface area contributed by atoms with Gasteiger partial charge in [0, 0.05) is 12.8 Å². The first-order valence-corrected chi connectivity index (χ1v) is 9.72. The van der Waals surface area contributed by atoms with Crippen LogP contribution in [-0.4, -0.2) is 6.29 Å². The van der Waals surface area contributed by atoms with E-state index in [-0.39, 0.29) is 0 Å². The quantitative estimate of drug-likeness (QED) is 0.208. The lowest BCUT2D eigenvalue weighted by atomic mass is 10.0. The second kappa shape index (κ2) is 20.2. The van der Waals surface area contributed by atoms with Gasteiger partial charge < -0.3 is 4.79 Å². The first kappa shape index (κ1) is 21.2. The minimum absolute atomic E-state index is 0.735. The summed E-state index contributed by atoms with van der Waals surface area (Å²) in [6, 6.07) is 2.21. The lowest BCUT2D eigenvalue weighted by molar-refractivity contribution is -0.107. The van der Waals surface area contributed by atoms with E-state index in [0.717, 1.165) is 32.0 Å². The van der Waals surface area contributed by atoms with Crippen LogP contribution in [0.1, 0.15) is 116 Å². The van der Waals surface area contributed by atoms with Gasteiger partial charge >= 0.3 is 0 Å². The molecule has 0 heterocycles. The topological polar surface area (TPSA) is 40.9 Å². The molecule has 0 aliphatic carbocycles. The maximum atomic E-state index is 10.2. The molecule has 22 heavy (non-hydrogen) atoms. The molecule has 0 aliphatic rings. The molecule has 0 aliphatic heterocycles. The van der Waals surface area contributed by atoms with Crippen molar-refractivity contribution in [1.82, 2.24) is 0 Å². The summed E-state index contributed by atoms with van der Waals surface area (Å²) in [7, 11) is 0. The van der Waals surface area contributed by atoms with Crippen LogP contribution in [0.2, 0.25) is 0 Å². The first-order chi connectivity index (χ1) is 10.9. The van der Waals surface area contributed by atoms with Gasteiger partial charge in [-0.1, -0.05) is 89.9 Å². The van der Waals surface area contributed by atoms with Gasteiger partial charge in [-0.15, -0.1) is 0 Å². The second-order valence-electron chi connectivity index (χ2n) is 6.52. The van der Waals surface area contributed by atoms with Gasteiger partial charge in [0.2, 0.25) is 0 Å². The minimum Gasteiger partial charge on any atom is -0.303 e. The predicted molar refractivity (Wildman–Crippen MR) is 94.8 cm³/mol. The summed E-state index contributed by atoms with van der Waals surface area (Å²) in [6.07, 6.45) is 23.7. The number of rotatable bonds is 18. The largest absolute Gasteiger partial charge is 0.303 e. The molecular formula is C20H37NO. The van der Waals surface area contributed by atoms with Gasteiger partial charge in [0.25, 0.3) is 0 Å². The van der Waals surface area contributed by atoms with E-state index >= 15 is 0 Å². The third-order valence-electron chi connectivity index (χ3n) is 4.36. The Balaban J connectivity index is 2.94. The Morgan fingerprint density at radius 3 is 1.18 bits per heavy atom. The fourth-order valence-corrected chi connectivity index (χ4v) is 2.91. The van der Waals surface area contributed by atoms with Crippen LogP contribution in [0.15, 0.2) is 0 Å². The Labute approximate surface area is 138 Å². The summed E-state index contributed by atoms with van der Waals surface area (Å²) in [5.41, 5.74) is 0. The standard InChI is InChI=1S/C20H37NO/c21-19-17-15-13-11-9-7-5-3-1-2-4-6-8-10-12-14-16-18-20-22/h20H,1-18H2. The van der Waals surface area contributed by atoms with Crippen molar-refractivity contribution in [3.63, 3.8) is 0 Å². The molecule has 0 spiro atoms. The summed E-state index contributed by atoms with van der Waals surface area (Å²) >= 11 is 0. The molecule has 0 saturated carbocycles. The second-order valence-corrected chi connectivity index (χ2v) is 6.52. The highest BCUT2D eigenvalue weighted by Gasteiger charge is 1.94. The van der Waals surface area contributed by atoms with E-state index in [1.807, 2.05) is 0 Å². The number of hydrogen-bond acceptors (Lipinski definition) is 2. The van der Waals surface area contributed by atoms with Crippen molar-refractivity contribution in [2.45, 2.75) is 116 Å². The number of nitriles is 1. The van der Waals surface area contributed by atoms with E-state index in [0.29, 0.717) is 0 Å². The van der Waals surface area contributed by atoms with Crippen LogP contribution in [0.5, 0.6) is 0 Å². The van der Waals surface area contributed by atoms with Crippen molar-refractivity contribution in [3.05, 3.63) is 0 Å². The zero-order chi connectivity index (χ0) is 16.1. The molecule has 0 fully saturated rings. The van der Waals surface area contributed by atoms with Crippen molar-refractivity contribution in [2.75, 3.05) is 0 Å². The van der Waals surface area contributed by atoms with Crippen molar-refractivity contribution < 1.29 is 4.79 Å². The summed E-state index contributed by atoms with van der Waals surface area (Å²) in [4.78, 5) is 10.2. The number of aldehydes is 1. The lowest BCUT2D eigenvalue weighted by Gasteiger charge is -2.03. The summed E-state index contributed by atoms with van der Waals surface area (Å²) < 4.78 is 0. The normalized spacial score (nSPS) is 10.5. The molecule has 0 atom stereocenters. The molecule has 0 N–H and O–H groups in total. The maximum Gasteiger partial charge on any atom is 0.119 e. The molecule has 0 unspecified atom stereocenters. The van der Waals surface area contributed by atoms with Crippen LogP contribution < -0.4 is 0 Å². The van der Waals surface area contributed by atoms with Crippen molar-refractivity contribution >= 4 is 6.29 Å². The number of nitrogens with zero attached hydrogens (tertiary/aromatic N) is 1. The Morgan fingerprint density at radius 2 is 0.864 bits per heavy atom. The monoisotopic (exact) mass is 307 g/mol. The number of hydrogen-bond donors (Lipinski definition) is 0. The van der Waals surface area contributed by atoms with E-state index in [1.165, 1.54) is 89.9 Å². The third-order valence-corrected chi connectivity index (χ3v) is 4.36. The molecule has 2 nitrogen and oxygen atoms in total. The van der Waals surface area contributed by atoms with E-state index in [4.69, 9.17) is 5.26 Å². The molecule has 128 valence electrons. The van der Waals surface area contributed by atoms with Crippen LogP contribution in [0.4, 0.5) is 0 Å². The predicted octanol–water partition coefficient (Wildman–Crippen LogP) is 6.73. The molecule has 0 amide bonds. The highest BCUT2D eigenvalue weighted by molar-refractivity contribution is 5.48.